The molecule has 3 aromatic rings. The lowest BCUT2D eigenvalue weighted by Crippen LogP contribution is -2.32. The summed E-state index contributed by atoms with van der Waals surface area (Å²) < 4.78 is 30.0. The van der Waals surface area contributed by atoms with E-state index >= 15 is 0 Å². The Morgan fingerprint density at radius 2 is 1.96 bits per heavy atom. The summed E-state index contributed by atoms with van der Waals surface area (Å²) in [4.78, 5) is 15.1. The van der Waals surface area contributed by atoms with E-state index in [1.54, 1.807) is 36.5 Å². The predicted molar refractivity (Wildman–Crippen MR) is 102 cm³/mol. The Balaban J connectivity index is 1.65. The second kappa shape index (κ2) is 7.93. The van der Waals surface area contributed by atoms with Crippen LogP contribution in [0.25, 0.3) is 0 Å². The molecule has 0 aliphatic carbocycles. The van der Waals surface area contributed by atoms with Gasteiger partial charge in [-0.25, -0.2) is 15.0 Å². The summed E-state index contributed by atoms with van der Waals surface area (Å²) in [6, 6.07) is 10.1. The number of ether oxygens (including phenoxy) is 1. The van der Waals surface area contributed by atoms with Gasteiger partial charge in [0.05, 0.1) is 16.4 Å². The zero-order valence-corrected chi connectivity index (χ0v) is 15.4. The molecule has 1 aliphatic rings. The number of nitrogens with one attached hydrogen (secondary N) is 1. The fourth-order valence-electron chi connectivity index (χ4n) is 3.14. The molecule has 28 heavy (non-hydrogen) atoms. The van der Waals surface area contributed by atoms with Crippen LogP contribution in [0.15, 0.2) is 48.9 Å². The number of fused-ring (bicyclic) bond motifs is 1. The quantitative estimate of drug-likeness (QED) is 0.679. The Morgan fingerprint density at radius 1 is 1.11 bits per heavy atom. The van der Waals surface area contributed by atoms with E-state index in [1.807, 2.05) is 4.90 Å². The second-order valence-electron chi connectivity index (χ2n) is 6.13. The zero-order chi connectivity index (χ0) is 19.5. The topological polar surface area (TPSA) is 63.2 Å². The highest BCUT2D eigenvalue weighted by atomic mass is 35.5. The fourth-order valence-corrected chi connectivity index (χ4v) is 3.38. The van der Waals surface area contributed by atoms with Crippen molar-refractivity contribution < 1.29 is 13.5 Å². The third-order valence-electron chi connectivity index (χ3n) is 4.40. The van der Waals surface area contributed by atoms with Gasteiger partial charge in [-0.05, 0) is 24.3 Å². The van der Waals surface area contributed by atoms with E-state index in [4.69, 9.17) is 11.6 Å². The molecule has 0 atom stereocenters. The van der Waals surface area contributed by atoms with Crippen LogP contribution in [0, 0.1) is 0 Å². The molecule has 0 amide bonds. The minimum atomic E-state index is -2.91. The molecule has 0 spiro atoms. The van der Waals surface area contributed by atoms with E-state index in [9.17, 15) is 8.78 Å². The number of pyridine rings is 1. The molecule has 1 N–H and O–H groups in total. The smallest absolute Gasteiger partial charge is 0.387 e. The van der Waals surface area contributed by atoms with Crippen molar-refractivity contribution in [3.8, 4) is 5.75 Å². The molecular formula is C19H16ClF2N5O. The van der Waals surface area contributed by atoms with Gasteiger partial charge < -0.3 is 15.0 Å². The second-order valence-corrected chi connectivity index (χ2v) is 6.53. The lowest BCUT2D eigenvalue weighted by Gasteiger charge is -2.30. The molecule has 0 fully saturated rings. The van der Waals surface area contributed by atoms with Gasteiger partial charge in [0, 0.05) is 31.3 Å². The Morgan fingerprint density at radius 3 is 2.79 bits per heavy atom. The zero-order valence-electron chi connectivity index (χ0n) is 14.6. The Kier molecular flexibility index (Phi) is 5.21. The number of benzene rings is 1. The molecule has 1 aromatic carbocycles. The summed E-state index contributed by atoms with van der Waals surface area (Å²) in [7, 11) is 0. The minimum Gasteiger partial charge on any atom is -0.433 e. The van der Waals surface area contributed by atoms with Gasteiger partial charge in [-0.3, -0.25) is 0 Å². The largest absolute Gasteiger partial charge is 0.433 e. The molecule has 9 heteroatoms. The van der Waals surface area contributed by atoms with Crippen molar-refractivity contribution in [3.63, 3.8) is 0 Å². The van der Waals surface area contributed by atoms with E-state index in [0.29, 0.717) is 41.9 Å². The van der Waals surface area contributed by atoms with Crippen LogP contribution in [0.5, 0.6) is 5.75 Å². The first kappa shape index (κ1) is 18.4. The molecule has 144 valence electrons. The molecule has 6 nitrogen and oxygen atoms in total. The molecule has 0 radical (unpaired) electrons. The molecule has 0 unspecified atom stereocenters. The molecule has 0 saturated heterocycles. The van der Waals surface area contributed by atoms with Gasteiger partial charge in [0.2, 0.25) is 0 Å². The highest BCUT2D eigenvalue weighted by Crippen LogP contribution is 2.33. The minimum absolute atomic E-state index is 0.0466. The third-order valence-corrected chi connectivity index (χ3v) is 4.69. The van der Waals surface area contributed by atoms with Crippen LogP contribution in [0.2, 0.25) is 5.02 Å². The molecular weight excluding hydrogens is 388 g/mol. The van der Waals surface area contributed by atoms with E-state index in [-0.39, 0.29) is 5.75 Å². The van der Waals surface area contributed by atoms with Crippen molar-refractivity contribution in [2.75, 3.05) is 16.8 Å². The first-order chi connectivity index (χ1) is 13.6. The van der Waals surface area contributed by atoms with Gasteiger partial charge in [-0.1, -0.05) is 23.7 Å². The highest BCUT2D eigenvalue weighted by Gasteiger charge is 2.24. The number of hydrogen-bond acceptors (Lipinski definition) is 6. The van der Waals surface area contributed by atoms with Crippen molar-refractivity contribution >= 4 is 28.9 Å². The van der Waals surface area contributed by atoms with Crippen LogP contribution in [-0.4, -0.2) is 28.1 Å². The van der Waals surface area contributed by atoms with Gasteiger partial charge in [0.1, 0.15) is 23.7 Å². The van der Waals surface area contributed by atoms with Crippen LogP contribution in [0.1, 0.15) is 11.3 Å². The maximum atomic E-state index is 12.7. The first-order valence-corrected chi connectivity index (χ1v) is 8.98. The number of para-hydroxylation sites is 2. The van der Waals surface area contributed by atoms with Gasteiger partial charge >= 0.3 is 6.61 Å². The number of halogens is 3. The number of aromatic nitrogens is 3. The van der Waals surface area contributed by atoms with Gasteiger partial charge in [0.15, 0.2) is 0 Å². The standard InChI is InChI=1S/C19H16ClF2N5O/c20-13-4-3-8-23-18(13)27-9-7-14-12(10-27)17(25-11-24-14)26-15-5-1-2-6-16(15)28-19(21)22/h1-6,8,11,19H,7,9-10H2,(H,24,25,26). The van der Waals surface area contributed by atoms with Crippen LogP contribution in [0.3, 0.4) is 0 Å². The van der Waals surface area contributed by atoms with Crippen molar-refractivity contribution in [3.05, 3.63) is 65.2 Å². The van der Waals surface area contributed by atoms with Crippen molar-refractivity contribution in [1.29, 1.82) is 0 Å². The van der Waals surface area contributed by atoms with E-state index in [0.717, 1.165) is 11.3 Å². The van der Waals surface area contributed by atoms with Crippen LogP contribution < -0.4 is 15.0 Å². The fraction of sp³-hybridized carbons (Fsp3) is 0.211. The summed E-state index contributed by atoms with van der Waals surface area (Å²) in [6.45, 7) is -1.71. The number of anilines is 3. The Hall–Kier alpha value is -3.00. The molecule has 0 saturated carbocycles. The Labute approximate surface area is 165 Å². The van der Waals surface area contributed by atoms with E-state index in [2.05, 4.69) is 25.0 Å². The molecule has 1 aliphatic heterocycles. The summed E-state index contributed by atoms with van der Waals surface area (Å²) in [5.74, 6) is 1.27. The summed E-state index contributed by atoms with van der Waals surface area (Å²) >= 11 is 6.28. The van der Waals surface area contributed by atoms with Crippen molar-refractivity contribution in [2.24, 2.45) is 0 Å². The average Bonchev–Trinajstić information content (AvgIpc) is 2.69. The molecule has 0 bridgehead atoms. The highest BCUT2D eigenvalue weighted by molar-refractivity contribution is 6.32. The van der Waals surface area contributed by atoms with Gasteiger partial charge in [0.25, 0.3) is 0 Å². The van der Waals surface area contributed by atoms with Crippen LogP contribution in [-0.2, 0) is 13.0 Å². The number of alkyl halides is 2. The SMILES string of the molecule is FC(F)Oc1ccccc1Nc1ncnc2c1CN(c1ncccc1Cl)CC2. The normalized spacial score (nSPS) is 13.4. The summed E-state index contributed by atoms with van der Waals surface area (Å²) in [5.41, 5.74) is 2.16. The van der Waals surface area contributed by atoms with E-state index in [1.165, 1.54) is 12.4 Å². The molecule has 3 heterocycles. The first-order valence-electron chi connectivity index (χ1n) is 8.61. The van der Waals surface area contributed by atoms with Crippen LogP contribution >= 0.6 is 11.6 Å². The maximum Gasteiger partial charge on any atom is 0.387 e. The average molecular weight is 404 g/mol. The van der Waals surface area contributed by atoms with Crippen LogP contribution in [0.4, 0.5) is 26.1 Å². The lowest BCUT2D eigenvalue weighted by atomic mass is 10.1. The van der Waals surface area contributed by atoms with Crippen molar-refractivity contribution in [2.45, 2.75) is 19.6 Å². The Bertz CT molecular complexity index is 988. The number of hydrogen-bond donors (Lipinski definition) is 1. The van der Waals surface area contributed by atoms with Gasteiger partial charge in [-0.15, -0.1) is 0 Å². The number of nitrogens with zero attached hydrogens (tertiary/aromatic N) is 4. The predicted octanol–water partition coefficient (Wildman–Crippen LogP) is 4.43. The van der Waals surface area contributed by atoms with E-state index < -0.39 is 6.61 Å². The molecule has 4 rings (SSSR count). The summed E-state index contributed by atoms with van der Waals surface area (Å²) in [6.07, 6.45) is 3.84. The van der Waals surface area contributed by atoms with Crippen molar-refractivity contribution in [1.82, 2.24) is 15.0 Å². The lowest BCUT2D eigenvalue weighted by molar-refractivity contribution is -0.0493. The molecule has 2 aromatic heterocycles. The number of rotatable bonds is 5. The maximum absolute atomic E-state index is 12.7. The summed E-state index contributed by atoms with van der Waals surface area (Å²) in [5, 5.41) is 3.67. The monoisotopic (exact) mass is 403 g/mol. The third kappa shape index (κ3) is 3.82. The van der Waals surface area contributed by atoms with Gasteiger partial charge in [-0.2, -0.15) is 8.78 Å².